The highest BCUT2D eigenvalue weighted by Crippen LogP contribution is 2.25. The second-order valence-electron chi connectivity index (χ2n) is 4.45. The molecule has 0 spiro atoms. The van der Waals surface area contributed by atoms with Crippen LogP contribution in [0.25, 0.3) is 0 Å². The maximum absolute atomic E-state index is 5.87. The van der Waals surface area contributed by atoms with Crippen LogP contribution in [0.15, 0.2) is 24.3 Å². The van der Waals surface area contributed by atoms with E-state index in [9.17, 15) is 0 Å². The molecule has 1 aromatic carbocycles. The van der Waals surface area contributed by atoms with Gasteiger partial charge in [0.25, 0.3) is 0 Å². The zero-order chi connectivity index (χ0) is 12.3. The lowest BCUT2D eigenvalue weighted by Gasteiger charge is -2.26. The Morgan fingerprint density at radius 1 is 1.29 bits per heavy atom. The number of nitrogens with zero attached hydrogens (tertiary/aromatic N) is 1. The predicted octanol–water partition coefficient (Wildman–Crippen LogP) is 3.40. The van der Waals surface area contributed by atoms with Crippen molar-refractivity contribution < 1.29 is 9.57 Å². The van der Waals surface area contributed by atoms with Crippen LogP contribution < -0.4 is 0 Å². The standard InChI is InChI=1S/C13H18ClNO2/c1-10(2)15-8-3-9-16-13(17-15)11-4-6-12(14)7-5-11/h4-7,10,13H,3,8-9H2,1-2H3. The summed E-state index contributed by atoms with van der Waals surface area (Å²) < 4.78 is 5.70. The molecular weight excluding hydrogens is 238 g/mol. The van der Waals surface area contributed by atoms with Gasteiger partial charge in [-0.3, -0.25) is 4.84 Å². The van der Waals surface area contributed by atoms with Crippen LogP contribution in [-0.2, 0) is 9.57 Å². The number of hydroxylamine groups is 2. The van der Waals surface area contributed by atoms with Crippen LogP contribution >= 0.6 is 11.6 Å². The Kier molecular flexibility index (Phi) is 4.40. The normalized spacial score (nSPS) is 22.7. The van der Waals surface area contributed by atoms with Crippen LogP contribution in [0.5, 0.6) is 0 Å². The lowest BCUT2D eigenvalue weighted by atomic mass is 10.2. The molecule has 1 aliphatic rings. The largest absolute Gasteiger partial charge is 0.347 e. The van der Waals surface area contributed by atoms with E-state index in [1.165, 1.54) is 0 Å². The number of rotatable bonds is 2. The zero-order valence-corrected chi connectivity index (χ0v) is 11.0. The molecule has 2 rings (SSSR count). The molecule has 0 aromatic heterocycles. The molecule has 3 nitrogen and oxygen atoms in total. The molecule has 1 heterocycles. The van der Waals surface area contributed by atoms with Gasteiger partial charge in [0.05, 0.1) is 6.61 Å². The van der Waals surface area contributed by atoms with Crippen LogP contribution in [-0.4, -0.2) is 24.3 Å². The summed E-state index contributed by atoms with van der Waals surface area (Å²) in [5.41, 5.74) is 1.00. The average Bonchev–Trinajstić information content (AvgIpc) is 2.55. The molecule has 0 N–H and O–H groups in total. The second-order valence-corrected chi connectivity index (χ2v) is 4.88. The zero-order valence-electron chi connectivity index (χ0n) is 10.2. The first-order chi connectivity index (χ1) is 8.16. The topological polar surface area (TPSA) is 21.7 Å². The first-order valence-electron chi connectivity index (χ1n) is 5.97. The Balaban J connectivity index is 2.10. The van der Waals surface area contributed by atoms with Crippen molar-refractivity contribution in [1.82, 2.24) is 5.06 Å². The molecule has 1 fully saturated rings. The van der Waals surface area contributed by atoms with E-state index in [4.69, 9.17) is 21.2 Å². The van der Waals surface area contributed by atoms with Gasteiger partial charge in [-0.15, -0.1) is 0 Å². The molecule has 0 aliphatic carbocycles. The highest BCUT2D eigenvalue weighted by molar-refractivity contribution is 6.30. The number of ether oxygens (including phenoxy) is 1. The third-order valence-corrected chi connectivity index (χ3v) is 2.99. The van der Waals surface area contributed by atoms with Gasteiger partial charge in [-0.25, -0.2) is 0 Å². The van der Waals surface area contributed by atoms with Crippen LogP contribution in [0.3, 0.4) is 0 Å². The van der Waals surface area contributed by atoms with Crippen molar-refractivity contribution in [3.63, 3.8) is 0 Å². The van der Waals surface area contributed by atoms with E-state index in [1.54, 1.807) is 0 Å². The minimum Gasteiger partial charge on any atom is -0.347 e. The molecule has 1 aromatic rings. The van der Waals surface area contributed by atoms with E-state index in [1.807, 2.05) is 29.3 Å². The van der Waals surface area contributed by atoms with Crippen molar-refractivity contribution in [2.24, 2.45) is 0 Å². The monoisotopic (exact) mass is 255 g/mol. The van der Waals surface area contributed by atoms with E-state index >= 15 is 0 Å². The van der Waals surface area contributed by atoms with Gasteiger partial charge in [0, 0.05) is 23.2 Å². The summed E-state index contributed by atoms with van der Waals surface area (Å²) in [6.45, 7) is 5.85. The average molecular weight is 256 g/mol. The van der Waals surface area contributed by atoms with Crippen molar-refractivity contribution in [3.05, 3.63) is 34.9 Å². The van der Waals surface area contributed by atoms with Crippen LogP contribution in [0.1, 0.15) is 32.1 Å². The molecule has 0 bridgehead atoms. The second kappa shape index (κ2) is 5.83. The van der Waals surface area contributed by atoms with E-state index in [0.717, 1.165) is 30.2 Å². The van der Waals surface area contributed by atoms with Gasteiger partial charge in [0.2, 0.25) is 6.29 Å². The Hall–Kier alpha value is -0.610. The molecule has 17 heavy (non-hydrogen) atoms. The molecule has 1 aliphatic heterocycles. The van der Waals surface area contributed by atoms with Crippen molar-refractivity contribution >= 4 is 11.6 Å². The molecule has 1 saturated heterocycles. The van der Waals surface area contributed by atoms with Crippen molar-refractivity contribution in [2.45, 2.75) is 32.6 Å². The van der Waals surface area contributed by atoms with E-state index in [-0.39, 0.29) is 6.29 Å². The fraction of sp³-hybridized carbons (Fsp3) is 0.538. The van der Waals surface area contributed by atoms with E-state index < -0.39 is 0 Å². The highest BCUT2D eigenvalue weighted by Gasteiger charge is 2.22. The molecule has 0 amide bonds. The molecule has 0 saturated carbocycles. The van der Waals surface area contributed by atoms with Crippen LogP contribution in [0, 0.1) is 0 Å². The Bertz CT molecular complexity index is 353. The Morgan fingerprint density at radius 2 is 2.00 bits per heavy atom. The van der Waals surface area contributed by atoms with E-state index in [2.05, 4.69) is 13.8 Å². The quantitative estimate of drug-likeness (QED) is 0.809. The first kappa shape index (κ1) is 12.8. The van der Waals surface area contributed by atoms with Gasteiger partial charge in [0.1, 0.15) is 0 Å². The van der Waals surface area contributed by atoms with Crippen LogP contribution in [0.2, 0.25) is 5.02 Å². The molecular formula is C13H18ClNO2. The first-order valence-corrected chi connectivity index (χ1v) is 6.35. The molecule has 0 radical (unpaired) electrons. The lowest BCUT2D eigenvalue weighted by Crippen LogP contribution is -2.32. The summed E-state index contributed by atoms with van der Waals surface area (Å²) >= 11 is 5.87. The maximum Gasteiger partial charge on any atom is 0.203 e. The summed E-state index contributed by atoms with van der Waals surface area (Å²) in [6, 6.07) is 7.95. The van der Waals surface area contributed by atoms with Gasteiger partial charge >= 0.3 is 0 Å². The van der Waals surface area contributed by atoms with Gasteiger partial charge in [-0.2, -0.15) is 5.06 Å². The summed E-state index contributed by atoms with van der Waals surface area (Å²) in [5.74, 6) is 0. The van der Waals surface area contributed by atoms with Gasteiger partial charge in [0.15, 0.2) is 0 Å². The number of benzene rings is 1. The smallest absolute Gasteiger partial charge is 0.203 e. The fourth-order valence-corrected chi connectivity index (χ4v) is 1.90. The van der Waals surface area contributed by atoms with E-state index in [0.29, 0.717) is 6.04 Å². The third kappa shape index (κ3) is 3.42. The summed E-state index contributed by atoms with van der Waals surface area (Å²) in [6.07, 6.45) is 0.666. The van der Waals surface area contributed by atoms with Crippen molar-refractivity contribution in [3.8, 4) is 0 Å². The Labute approximate surface area is 107 Å². The summed E-state index contributed by atoms with van der Waals surface area (Å²) in [7, 11) is 0. The van der Waals surface area contributed by atoms with Crippen molar-refractivity contribution in [1.29, 1.82) is 0 Å². The maximum atomic E-state index is 5.87. The lowest BCUT2D eigenvalue weighted by molar-refractivity contribution is -0.279. The van der Waals surface area contributed by atoms with Crippen LogP contribution in [0.4, 0.5) is 0 Å². The highest BCUT2D eigenvalue weighted by atomic mass is 35.5. The fourth-order valence-electron chi connectivity index (χ4n) is 1.77. The minimum absolute atomic E-state index is 0.322. The molecule has 4 heteroatoms. The summed E-state index contributed by atoms with van der Waals surface area (Å²) in [4.78, 5) is 5.87. The number of hydrogen-bond acceptors (Lipinski definition) is 3. The molecule has 1 unspecified atom stereocenters. The Morgan fingerprint density at radius 3 is 2.65 bits per heavy atom. The summed E-state index contributed by atoms with van der Waals surface area (Å²) in [5, 5.41) is 2.70. The van der Waals surface area contributed by atoms with Gasteiger partial charge < -0.3 is 4.74 Å². The number of halogens is 1. The third-order valence-electron chi connectivity index (χ3n) is 2.74. The SMILES string of the molecule is CC(C)N1CCCOC(c2ccc(Cl)cc2)O1. The minimum atomic E-state index is -0.322. The van der Waals surface area contributed by atoms with Crippen molar-refractivity contribution in [2.75, 3.05) is 13.2 Å². The molecule has 1 atom stereocenters. The van der Waals surface area contributed by atoms with Gasteiger partial charge in [-0.1, -0.05) is 23.7 Å². The number of hydrogen-bond donors (Lipinski definition) is 0. The molecule has 94 valence electrons. The predicted molar refractivity (Wildman–Crippen MR) is 67.7 cm³/mol. The van der Waals surface area contributed by atoms with Gasteiger partial charge in [-0.05, 0) is 32.4 Å².